The number of methoxy groups -OCH3 is 1. The number of sulfonamides is 1. The zero-order valence-corrected chi connectivity index (χ0v) is 19.8. The first-order valence-electron chi connectivity index (χ1n) is 10.9. The number of benzene rings is 2. The van der Waals surface area contributed by atoms with Crippen molar-refractivity contribution in [3.05, 3.63) is 65.2 Å². The maximum atomic E-state index is 12.9. The van der Waals surface area contributed by atoms with Gasteiger partial charge in [-0.15, -0.1) is 0 Å². The molecule has 0 spiro atoms. The normalized spacial score (nSPS) is 15.2. The first-order valence-corrected chi connectivity index (χ1v) is 12.4. The van der Waals surface area contributed by atoms with Crippen molar-refractivity contribution in [2.45, 2.75) is 44.1 Å². The van der Waals surface area contributed by atoms with Gasteiger partial charge < -0.3 is 9.47 Å². The molecular weight excluding hydrogens is 442 g/mol. The van der Waals surface area contributed by atoms with E-state index in [0.717, 1.165) is 25.7 Å². The number of rotatable bonds is 8. The molecule has 3 rings (SSSR count). The van der Waals surface area contributed by atoms with Crippen LogP contribution in [0.3, 0.4) is 0 Å². The third kappa shape index (κ3) is 6.52. The first-order chi connectivity index (χ1) is 15.8. The Bertz CT molecular complexity index is 1110. The molecule has 0 N–H and O–H groups in total. The molecule has 8 heteroatoms. The van der Waals surface area contributed by atoms with Crippen LogP contribution in [-0.2, 0) is 26.2 Å². The summed E-state index contributed by atoms with van der Waals surface area (Å²) in [5.41, 5.74) is 1.78. The number of carbonyl (C=O) groups is 2. The summed E-state index contributed by atoms with van der Waals surface area (Å²) in [6, 6.07) is 11.4. The minimum atomic E-state index is -3.51. The van der Waals surface area contributed by atoms with Crippen LogP contribution in [0.25, 0.3) is 6.08 Å². The third-order valence-corrected chi connectivity index (χ3v) is 7.46. The Morgan fingerprint density at radius 3 is 2.27 bits per heavy atom. The molecule has 0 radical (unpaired) electrons. The van der Waals surface area contributed by atoms with Crippen molar-refractivity contribution in [3.63, 3.8) is 0 Å². The summed E-state index contributed by atoms with van der Waals surface area (Å²) < 4.78 is 37.8. The van der Waals surface area contributed by atoms with Crippen LogP contribution in [0.5, 0.6) is 5.75 Å². The van der Waals surface area contributed by atoms with Gasteiger partial charge in [0.2, 0.25) is 10.0 Å². The first kappa shape index (κ1) is 24.7. The summed E-state index contributed by atoms with van der Waals surface area (Å²) in [6.45, 7) is 2.52. The summed E-state index contributed by atoms with van der Waals surface area (Å²) >= 11 is 0. The van der Waals surface area contributed by atoms with Gasteiger partial charge in [-0.05, 0) is 61.7 Å². The van der Waals surface area contributed by atoms with Crippen molar-refractivity contribution >= 4 is 27.9 Å². The van der Waals surface area contributed by atoms with Gasteiger partial charge in [0.05, 0.1) is 12.0 Å². The maximum absolute atomic E-state index is 12.9. The van der Waals surface area contributed by atoms with Gasteiger partial charge in [0.25, 0.3) is 0 Å². The molecule has 0 bridgehead atoms. The van der Waals surface area contributed by atoms with Crippen molar-refractivity contribution in [3.8, 4) is 5.75 Å². The van der Waals surface area contributed by atoms with Crippen molar-refractivity contribution in [1.29, 1.82) is 0 Å². The largest absolute Gasteiger partial charge is 0.496 e. The fraction of sp³-hybridized carbons (Fsp3) is 0.360. The van der Waals surface area contributed by atoms with E-state index in [2.05, 4.69) is 0 Å². The fourth-order valence-corrected chi connectivity index (χ4v) is 5.17. The number of carbonyl (C=O) groups excluding carboxylic acids is 2. The van der Waals surface area contributed by atoms with Gasteiger partial charge in [0, 0.05) is 30.3 Å². The number of ketones is 1. The molecule has 1 heterocycles. The highest BCUT2D eigenvalue weighted by Gasteiger charge is 2.24. The van der Waals surface area contributed by atoms with Crippen LogP contribution in [0.1, 0.15) is 54.1 Å². The molecule has 7 nitrogen and oxygen atoms in total. The van der Waals surface area contributed by atoms with Gasteiger partial charge in [-0.2, -0.15) is 4.31 Å². The van der Waals surface area contributed by atoms with E-state index in [1.807, 2.05) is 0 Å². The van der Waals surface area contributed by atoms with Crippen LogP contribution >= 0.6 is 0 Å². The quantitative estimate of drug-likeness (QED) is 0.325. The summed E-state index contributed by atoms with van der Waals surface area (Å²) in [6.07, 6.45) is 6.72. The molecule has 0 saturated carbocycles. The molecule has 0 aliphatic carbocycles. The molecule has 176 valence electrons. The van der Waals surface area contributed by atoms with Crippen LogP contribution in [0, 0.1) is 0 Å². The van der Waals surface area contributed by atoms with E-state index in [0.29, 0.717) is 35.5 Å². The van der Waals surface area contributed by atoms with E-state index in [4.69, 9.17) is 9.47 Å². The highest BCUT2D eigenvalue weighted by molar-refractivity contribution is 7.89. The lowest BCUT2D eigenvalue weighted by molar-refractivity contribution is -0.138. The lowest BCUT2D eigenvalue weighted by Crippen LogP contribution is -2.31. The number of ether oxygens (including phenoxy) is 2. The Morgan fingerprint density at radius 1 is 1.00 bits per heavy atom. The number of esters is 1. The Morgan fingerprint density at radius 2 is 1.67 bits per heavy atom. The number of hydrogen-bond acceptors (Lipinski definition) is 6. The predicted octanol–water partition coefficient (Wildman–Crippen LogP) is 4.22. The maximum Gasteiger partial charge on any atom is 0.331 e. The van der Waals surface area contributed by atoms with Gasteiger partial charge in [0.15, 0.2) is 5.78 Å². The van der Waals surface area contributed by atoms with E-state index in [9.17, 15) is 18.0 Å². The molecule has 0 amide bonds. The zero-order valence-electron chi connectivity index (χ0n) is 19.0. The SMILES string of the molecule is COc1ccc(C(C)=O)cc1COC(=O)C=Cc1ccc(S(=O)(=O)N2CCCCCC2)cc1. The molecule has 33 heavy (non-hydrogen) atoms. The summed E-state index contributed by atoms with van der Waals surface area (Å²) in [7, 11) is -2.00. The Hall–Kier alpha value is -2.97. The van der Waals surface area contributed by atoms with E-state index >= 15 is 0 Å². The molecule has 2 aromatic carbocycles. The fourth-order valence-electron chi connectivity index (χ4n) is 3.65. The van der Waals surface area contributed by atoms with Gasteiger partial charge in [-0.1, -0.05) is 25.0 Å². The van der Waals surface area contributed by atoms with Crippen molar-refractivity contribution in [1.82, 2.24) is 4.31 Å². The van der Waals surface area contributed by atoms with Crippen LogP contribution in [0.4, 0.5) is 0 Å². The van der Waals surface area contributed by atoms with Crippen LogP contribution < -0.4 is 4.74 Å². The van der Waals surface area contributed by atoms with Crippen molar-refractivity contribution in [2.24, 2.45) is 0 Å². The number of hydrogen-bond donors (Lipinski definition) is 0. The minimum absolute atomic E-state index is 0.0412. The Kier molecular flexibility index (Phi) is 8.41. The second kappa shape index (κ2) is 11.2. The highest BCUT2D eigenvalue weighted by Crippen LogP contribution is 2.22. The van der Waals surface area contributed by atoms with Crippen LogP contribution in [0.2, 0.25) is 0 Å². The molecule has 0 atom stereocenters. The topological polar surface area (TPSA) is 90.0 Å². The smallest absolute Gasteiger partial charge is 0.331 e. The number of nitrogens with zero attached hydrogens (tertiary/aromatic N) is 1. The monoisotopic (exact) mass is 471 g/mol. The van der Waals surface area contributed by atoms with E-state index in [1.165, 1.54) is 20.1 Å². The molecular formula is C25H29NO6S. The van der Waals surface area contributed by atoms with E-state index < -0.39 is 16.0 Å². The molecule has 1 saturated heterocycles. The van der Waals surface area contributed by atoms with Crippen LogP contribution in [-0.4, -0.2) is 44.7 Å². The van der Waals surface area contributed by atoms with E-state index in [1.54, 1.807) is 52.8 Å². The molecule has 0 unspecified atom stereocenters. The zero-order chi connectivity index (χ0) is 23.8. The van der Waals surface area contributed by atoms with Crippen LogP contribution in [0.15, 0.2) is 53.4 Å². The number of Topliss-reactive ketones (excluding diaryl/α,β-unsaturated/α-hetero) is 1. The average Bonchev–Trinajstić information content (AvgIpc) is 3.11. The van der Waals surface area contributed by atoms with Gasteiger partial charge in [-0.25, -0.2) is 13.2 Å². The standard InChI is InChI=1S/C25H29NO6S/c1-19(27)21-10-13-24(31-2)22(17-21)18-32-25(28)14-9-20-7-11-23(12-8-20)33(29,30)26-15-5-3-4-6-16-26/h7-14,17H,3-6,15-16,18H2,1-2H3. The minimum Gasteiger partial charge on any atom is -0.496 e. The lowest BCUT2D eigenvalue weighted by atomic mass is 10.1. The molecule has 1 fully saturated rings. The summed E-state index contributed by atoms with van der Waals surface area (Å²) in [5, 5.41) is 0. The second-order valence-electron chi connectivity index (χ2n) is 7.91. The van der Waals surface area contributed by atoms with Gasteiger partial charge in [0.1, 0.15) is 12.4 Å². The van der Waals surface area contributed by atoms with Gasteiger partial charge >= 0.3 is 5.97 Å². The predicted molar refractivity (Wildman–Crippen MR) is 125 cm³/mol. The summed E-state index contributed by atoms with van der Waals surface area (Å²) in [4.78, 5) is 24.0. The van der Waals surface area contributed by atoms with Gasteiger partial charge in [-0.3, -0.25) is 4.79 Å². The molecule has 1 aliphatic rings. The second-order valence-corrected chi connectivity index (χ2v) is 9.85. The lowest BCUT2D eigenvalue weighted by Gasteiger charge is -2.19. The third-order valence-electron chi connectivity index (χ3n) is 5.55. The highest BCUT2D eigenvalue weighted by atomic mass is 32.2. The average molecular weight is 472 g/mol. The molecule has 0 aromatic heterocycles. The van der Waals surface area contributed by atoms with Crippen molar-refractivity contribution in [2.75, 3.05) is 20.2 Å². The molecule has 2 aromatic rings. The summed E-state index contributed by atoms with van der Waals surface area (Å²) in [5.74, 6) is -0.129. The van der Waals surface area contributed by atoms with E-state index in [-0.39, 0.29) is 17.3 Å². The Balaban J connectivity index is 1.61. The van der Waals surface area contributed by atoms with Crippen molar-refractivity contribution < 1.29 is 27.5 Å². The Labute approximate surface area is 195 Å². The molecule has 1 aliphatic heterocycles.